The number of nitrogens with zero attached hydrogens (tertiary/aromatic N) is 1. The summed E-state index contributed by atoms with van der Waals surface area (Å²) in [5.74, 6) is -3.27. The Hall–Kier alpha value is -2.34. The molecule has 0 bridgehead atoms. The Morgan fingerprint density at radius 2 is 1.33 bits per heavy atom. The minimum absolute atomic E-state index is 0.0538. The molecule has 0 aromatic carbocycles. The van der Waals surface area contributed by atoms with Crippen LogP contribution in [0.5, 0.6) is 0 Å². The second-order valence-electron chi connectivity index (χ2n) is 8.44. The van der Waals surface area contributed by atoms with Gasteiger partial charge in [-0.15, -0.1) is 0 Å². The number of carboxylic acids is 2. The maximum absolute atomic E-state index is 11.5. The van der Waals surface area contributed by atoms with E-state index in [2.05, 4.69) is 0 Å². The quantitative estimate of drug-likeness (QED) is 0.156. The van der Waals surface area contributed by atoms with Crippen LogP contribution in [0.1, 0.15) is 20.3 Å². The van der Waals surface area contributed by atoms with Gasteiger partial charge in [0.05, 0.1) is 5.70 Å². The minimum Gasteiger partial charge on any atom is -0.479 e. The van der Waals surface area contributed by atoms with Gasteiger partial charge in [-0.05, 0) is 19.4 Å². The lowest BCUT2D eigenvalue weighted by molar-refractivity contribution is -0.308. The first-order valence-corrected chi connectivity index (χ1v) is 11.3. The summed E-state index contributed by atoms with van der Waals surface area (Å²) in [6.07, 6.45) is -16.7. The van der Waals surface area contributed by atoms with E-state index in [1.807, 2.05) is 6.92 Å². The fourth-order valence-corrected chi connectivity index (χ4v) is 4.16. The molecular formula is C21H31NO14. The topological polar surface area (TPSA) is 236 Å². The van der Waals surface area contributed by atoms with Crippen molar-refractivity contribution in [3.05, 3.63) is 23.7 Å². The van der Waals surface area contributed by atoms with Gasteiger partial charge in [0.25, 0.3) is 0 Å². The van der Waals surface area contributed by atoms with E-state index in [0.29, 0.717) is 18.7 Å². The van der Waals surface area contributed by atoms with Gasteiger partial charge < -0.3 is 64.7 Å². The molecule has 0 saturated carbocycles. The van der Waals surface area contributed by atoms with Crippen LogP contribution in [0.3, 0.4) is 0 Å². The van der Waals surface area contributed by atoms with Crippen LogP contribution in [-0.4, -0.2) is 132 Å². The number of carbonyl (C=O) groups is 2. The van der Waals surface area contributed by atoms with Gasteiger partial charge in [0.15, 0.2) is 24.3 Å². The highest BCUT2D eigenvalue weighted by Crippen LogP contribution is 2.33. The molecule has 3 heterocycles. The number of ether oxygens (including phenoxy) is 4. The predicted molar refractivity (Wildman–Crippen MR) is 113 cm³/mol. The first-order valence-electron chi connectivity index (χ1n) is 11.3. The van der Waals surface area contributed by atoms with Crippen LogP contribution in [0, 0.1) is 0 Å². The summed E-state index contributed by atoms with van der Waals surface area (Å²) in [6.45, 7) is 4.01. The molecule has 15 heteroatoms. The molecule has 8 N–H and O–H groups in total. The SMILES string of the molecule is CCC1=C(O[C@@H]2O[C@H](C(=O)O)[C@@H](O)[C@H](O)[C@H]2O)C(O[C@@H]2O[C@H](C(=O)O)[C@@H](O)[C@H](O)[C@H]2O)C=CN1CC. The number of allylic oxidation sites excluding steroid dienone is 1. The van der Waals surface area contributed by atoms with Gasteiger partial charge in [-0.2, -0.15) is 0 Å². The van der Waals surface area contributed by atoms with Gasteiger partial charge in [-0.1, -0.05) is 6.92 Å². The normalized spacial score (nSPS) is 41.3. The van der Waals surface area contributed by atoms with Crippen LogP contribution in [0.25, 0.3) is 0 Å². The zero-order valence-corrected chi connectivity index (χ0v) is 19.4. The molecule has 3 aliphatic heterocycles. The number of hydrogen-bond acceptors (Lipinski definition) is 13. The van der Waals surface area contributed by atoms with Crippen LogP contribution in [0.4, 0.5) is 0 Å². The van der Waals surface area contributed by atoms with E-state index < -0.39 is 79.5 Å². The number of aliphatic hydroxyl groups excluding tert-OH is 6. The van der Waals surface area contributed by atoms with E-state index >= 15 is 0 Å². The fourth-order valence-electron chi connectivity index (χ4n) is 4.16. The van der Waals surface area contributed by atoms with E-state index in [0.717, 1.165) is 0 Å². The summed E-state index contributed by atoms with van der Waals surface area (Å²) >= 11 is 0. The second kappa shape index (κ2) is 11.4. The average molecular weight is 521 g/mol. The van der Waals surface area contributed by atoms with Gasteiger partial charge in [0.1, 0.15) is 42.7 Å². The van der Waals surface area contributed by atoms with Gasteiger partial charge >= 0.3 is 11.9 Å². The molecule has 0 radical (unpaired) electrons. The third-order valence-corrected chi connectivity index (χ3v) is 6.16. The summed E-state index contributed by atoms with van der Waals surface area (Å²) in [7, 11) is 0. The summed E-state index contributed by atoms with van der Waals surface area (Å²) in [6, 6.07) is 0. The highest BCUT2D eigenvalue weighted by Gasteiger charge is 2.51. The summed E-state index contributed by atoms with van der Waals surface area (Å²) in [4.78, 5) is 24.6. The molecule has 2 fully saturated rings. The standard InChI is InChI=1S/C21H31NO14/c1-3-7-15(34-21-14(28)10(24)12(26)17(36-21)19(31)32)8(5-6-22(7)4-2)33-20-13(27)9(23)11(25)16(35-20)18(29)30/h5-6,8-14,16-17,20-21,23-28H,3-4H2,1-2H3,(H,29,30)(H,31,32)/t8?,9-,10-,11-,12-,13+,14+,16-,17-,20+,21+/m0/s1. The molecule has 0 aliphatic carbocycles. The fraction of sp³-hybridized carbons (Fsp3) is 0.714. The van der Waals surface area contributed by atoms with Crippen LogP contribution >= 0.6 is 0 Å². The maximum atomic E-state index is 11.5. The van der Waals surface area contributed by atoms with Gasteiger partial charge in [-0.3, -0.25) is 0 Å². The number of rotatable bonds is 8. The smallest absolute Gasteiger partial charge is 0.335 e. The van der Waals surface area contributed by atoms with Gasteiger partial charge in [0.2, 0.25) is 6.29 Å². The Morgan fingerprint density at radius 3 is 1.81 bits per heavy atom. The molecule has 36 heavy (non-hydrogen) atoms. The van der Waals surface area contributed by atoms with Crippen LogP contribution < -0.4 is 0 Å². The zero-order valence-electron chi connectivity index (χ0n) is 19.4. The van der Waals surface area contributed by atoms with E-state index in [4.69, 9.17) is 18.9 Å². The van der Waals surface area contributed by atoms with Crippen LogP contribution in [-0.2, 0) is 28.5 Å². The monoisotopic (exact) mass is 521 g/mol. The molecule has 0 aromatic heterocycles. The number of aliphatic carboxylic acids is 2. The van der Waals surface area contributed by atoms with Crippen LogP contribution in [0.15, 0.2) is 23.7 Å². The lowest BCUT2D eigenvalue weighted by atomic mass is 9.98. The molecule has 0 aromatic rings. The van der Waals surface area contributed by atoms with E-state index in [-0.39, 0.29) is 5.76 Å². The first-order chi connectivity index (χ1) is 16.9. The summed E-state index contributed by atoms with van der Waals surface area (Å²) < 4.78 is 21.9. The molecule has 0 amide bonds. The van der Waals surface area contributed by atoms with Gasteiger partial charge in [0, 0.05) is 12.7 Å². The predicted octanol–water partition coefficient (Wildman–Crippen LogP) is -3.36. The van der Waals surface area contributed by atoms with Crippen molar-refractivity contribution < 1.29 is 69.4 Å². The van der Waals surface area contributed by atoms with E-state index in [9.17, 15) is 50.4 Å². The summed E-state index contributed by atoms with van der Waals surface area (Å²) in [5, 5.41) is 79.3. The highest BCUT2D eigenvalue weighted by molar-refractivity contribution is 5.73. The Labute approximate surface area is 205 Å². The molecule has 204 valence electrons. The number of hydrogen-bond donors (Lipinski definition) is 8. The van der Waals surface area contributed by atoms with Crippen molar-refractivity contribution >= 4 is 11.9 Å². The third kappa shape index (κ3) is 5.34. The Kier molecular flexibility index (Phi) is 8.92. The van der Waals surface area contributed by atoms with Crippen molar-refractivity contribution in [2.45, 2.75) is 87.8 Å². The third-order valence-electron chi connectivity index (χ3n) is 6.16. The molecule has 1 unspecified atom stereocenters. The van der Waals surface area contributed by atoms with Crippen molar-refractivity contribution in [2.75, 3.05) is 6.54 Å². The van der Waals surface area contributed by atoms with Crippen molar-refractivity contribution in [1.82, 2.24) is 4.90 Å². The van der Waals surface area contributed by atoms with Crippen LogP contribution in [0.2, 0.25) is 0 Å². The number of aliphatic hydroxyl groups is 6. The molecule has 3 aliphatic rings. The largest absolute Gasteiger partial charge is 0.479 e. The minimum atomic E-state index is -1.94. The van der Waals surface area contributed by atoms with E-state index in [1.54, 1.807) is 18.0 Å². The molecule has 2 saturated heterocycles. The van der Waals surface area contributed by atoms with Gasteiger partial charge in [-0.25, -0.2) is 9.59 Å². The zero-order chi connectivity index (χ0) is 26.9. The maximum Gasteiger partial charge on any atom is 0.335 e. The molecule has 15 nitrogen and oxygen atoms in total. The molecule has 3 rings (SSSR count). The Balaban J connectivity index is 1.91. The van der Waals surface area contributed by atoms with Crippen molar-refractivity contribution in [3.8, 4) is 0 Å². The number of carboxylic acid groups (broad SMARTS) is 2. The lowest BCUT2D eigenvalue weighted by Gasteiger charge is -2.43. The van der Waals surface area contributed by atoms with E-state index in [1.165, 1.54) is 6.08 Å². The first kappa shape index (κ1) is 28.2. The Bertz CT molecular complexity index is 879. The summed E-state index contributed by atoms with van der Waals surface area (Å²) in [5.41, 5.74) is 0.467. The Morgan fingerprint density at radius 1 is 0.833 bits per heavy atom. The average Bonchev–Trinajstić information content (AvgIpc) is 2.84. The van der Waals surface area contributed by atoms with Crippen molar-refractivity contribution in [2.24, 2.45) is 0 Å². The van der Waals surface area contributed by atoms with Crippen molar-refractivity contribution in [3.63, 3.8) is 0 Å². The molecule has 11 atom stereocenters. The second-order valence-corrected chi connectivity index (χ2v) is 8.44. The van der Waals surface area contributed by atoms with Crippen molar-refractivity contribution in [1.29, 1.82) is 0 Å². The lowest BCUT2D eigenvalue weighted by Crippen LogP contribution is -2.61. The molecule has 0 spiro atoms. The highest BCUT2D eigenvalue weighted by atomic mass is 16.7. The molecular weight excluding hydrogens is 490 g/mol.